The maximum absolute atomic E-state index is 11.8. The molecule has 0 aliphatic rings. The molecule has 80 valence electrons. The van der Waals surface area contributed by atoms with Crippen LogP contribution >= 0.6 is 0 Å². The fourth-order valence-electron chi connectivity index (χ4n) is 0.988. The van der Waals surface area contributed by atoms with E-state index in [-0.39, 0.29) is 0 Å². The van der Waals surface area contributed by atoms with Crippen molar-refractivity contribution in [2.24, 2.45) is 0 Å². The quantitative estimate of drug-likeness (QED) is 0.653. The summed E-state index contributed by atoms with van der Waals surface area (Å²) in [5.74, 6) is 4.97. The van der Waals surface area contributed by atoms with Crippen molar-refractivity contribution in [2.75, 3.05) is 7.11 Å². The molecule has 0 amide bonds. The number of para-hydroxylation sites is 1. The van der Waals surface area contributed by atoms with E-state index >= 15 is 0 Å². The van der Waals surface area contributed by atoms with Crippen LogP contribution in [-0.4, -0.2) is 13.3 Å². The number of hydrogen-bond acceptors (Lipinski definition) is 1. The summed E-state index contributed by atoms with van der Waals surface area (Å²) >= 11 is 0. The normalized spacial score (nSPS) is 10.4. The van der Waals surface area contributed by atoms with Crippen LogP contribution in [0.2, 0.25) is 0 Å². The van der Waals surface area contributed by atoms with Gasteiger partial charge in [-0.25, -0.2) is 0 Å². The standard InChI is InChI=1S/C11H9F3O/c1-15-10-7-3-2-5-9(10)6-4-8-11(12,13)14/h2-3,5,7H,8H2,1H3. The maximum Gasteiger partial charge on any atom is 0.399 e. The highest BCUT2D eigenvalue weighted by molar-refractivity contribution is 5.45. The van der Waals surface area contributed by atoms with Crippen LogP contribution in [0.1, 0.15) is 12.0 Å². The Morgan fingerprint density at radius 2 is 1.93 bits per heavy atom. The highest BCUT2D eigenvalue weighted by Gasteiger charge is 2.25. The lowest BCUT2D eigenvalue weighted by atomic mass is 10.2. The zero-order valence-corrected chi connectivity index (χ0v) is 8.06. The second kappa shape index (κ2) is 4.74. The summed E-state index contributed by atoms with van der Waals surface area (Å²) in [7, 11) is 1.45. The molecule has 15 heavy (non-hydrogen) atoms. The Morgan fingerprint density at radius 3 is 2.53 bits per heavy atom. The van der Waals surface area contributed by atoms with Crippen molar-refractivity contribution in [3.63, 3.8) is 0 Å². The number of hydrogen-bond donors (Lipinski definition) is 0. The van der Waals surface area contributed by atoms with Crippen molar-refractivity contribution < 1.29 is 17.9 Å². The van der Waals surface area contributed by atoms with Crippen molar-refractivity contribution >= 4 is 0 Å². The number of benzene rings is 1. The number of halogens is 3. The molecule has 1 rings (SSSR count). The van der Waals surface area contributed by atoms with Crippen LogP contribution < -0.4 is 4.74 Å². The minimum atomic E-state index is -4.24. The maximum atomic E-state index is 11.8. The summed E-state index contributed by atoms with van der Waals surface area (Å²) in [5, 5.41) is 0. The summed E-state index contributed by atoms with van der Waals surface area (Å²) in [6.45, 7) is 0. The molecule has 0 saturated carbocycles. The van der Waals surface area contributed by atoms with Gasteiger partial charge in [-0.2, -0.15) is 13.2 Å². The Hall–Kier alpha value is -1.63. The first kappa shape index (κ1) is 11.4. The van der Waals surface area contributed by atoms with E-state index in [1.165, 1.54) is 7.11 Å². The van der Waals surface area contributed by atoms with Gasteiger partial charge in [0.05, 0.1) is 12.7 Å². The Kier molecular flexibility index (Phi) is 3.62. The smallest absolute Gasteiger partial charge is 0.399 e. The molecule has 4 heteroatoms. The number of ether oxygens (including phenoxy) is 1. The Balaban J connectivity index is 2.80. The van der Waals surface area contributed by atoms with Crippen molar-refractivity contribution in [3.8, 4) is 17.6 Å². The summed E-state index contributed by atoms with van der Waals surface area (Å²) in [4.78, 5) is 0. The van der Waals surface area contributed by atoms with E-state index in [0.717, 1.165) is 0 Å². The third kappa shape index (κ3) is 3.94. The van der Waals surface area contributed by atoms with Gasteiger partial charge in [0.15, 0.2) is 0 Å². The van der Waals surface area contributed by atoms with E-state index < -0.39 is 12.6 Å². The Morgan fingerprint density at radius 1 is 1.27 bits per heavy atom. The molecular weight excluding hydrogens is 205 g/mol. The van der Waals surface area contributed by atoms with Crippen LogP contribution in [0.4, 0.5) is 13.2 Å². The Labute approximate surface area is 85.9 Å². The molecule has 0 spiro atoms. The van der Waals surface area contributed by atoms with Crippen molar-refractivity contribution in [3.05, 3.63) is 29.8 Å². The van der Waals surface area contributed by atoms with Crippen LogP contribution in [-0.2, 0) is 0 Å². The van der Waals surface area contributed by atoms with Gasteiger partial charge in [-0.1, -0.05) is 24.0 Å². The van der Waals surface area contributed by atoms with Crippen LogP contribution in [0.25, 0.3) is 0 Å². The molecule has 0 fully saturated rings. The summed E-state index contributed by atoms with van der Waals surface area (Å²) in [6.07, 6.45) is -5.35. The lowest BCUT2D eigenvalue weighted by Gasteiger charge is -2.01. The molecule has 1 aromatic carbocycles. The SMILES string of the molecule is COc1ccccc1C#CCC(F)(F)F. The second-order valence-electron chi connectivity index (χ2n) is 2.79. The molecule has 0 saturated heterocycles. The largest absolute Gasteiger partial charge is 0.495 e. The number of rotatable bonds is 1. The van der Waals surface area contributed by atoms with E-state index in [9.17, 15) is 13.2 Å². The third-order valence-corrected chi connectivity index (χ3v) is 1.62. The molecule has 0 radical (unpaired) electrons. The molecule has 0 aliphatic heterocycles. The van der Waals surface area contributed by atoms with Crippen molar-refractivity contribution in [2.45, 2.75) is 12.6 Å². The first-order chi connectivity index (χ1) is 7.03. The first-order valence-electron chi connectivity index (χ1n) is 4.21. The zero-order chi connectivity index (χ0) is 11.3. The van der Waals surface area contributed by atoms with Gasteiger partial charge in [0.2, 0.25) is 0 Å². The summed E-state index contributed by atoms with van der Waals surface area (Å²) in [5.41, 5.74) is 0.462. The molecule has 1 aromatic rings. The first-order valence-corrected chi connectivity index (χ1v) is 4.21. The molecule has 0 atom stereocenters. The van der Waals surface area contributed by atoms with Gasteiger partial charge in [0, 0.05) is 0 Å². The predicted molar refractivity (Wildman–Crippen MR) is 50.5 cm³/mol. The second-order valence-corrected chi connectivity index (χ2v) is 2.79. The molecule has 0 heterocycles. The highest BCUT2D eigenvalue weighted by atomic mass is 19.4. The monoisotopic (exact) mass is 214 g/mol. The zero-order valence-electron chi connectivity index (χ0n) is 8.06. The van der Waals surface area contributed by atoms with Crippen LogP contribution in [0.3, 0.4) is 0 Å². The minimum Gasteiger partial charge on any atom is -0.495 e. The highest BCUT2D eigenvalue weighted by Crippen LogP contribution is 2.19. The van der Waals surface area contributed by atoms with E-state index in [4.69, 9.17) is 4.74 Å². The van der Waals surface area contributed by atoms with Gasteiger partial charge in [-0.3, -0.25) is 0 Å². The lowest BCUT2D eigenvalue weighted by molar-refractivity contribution is -0.123. The third-order valence-electron chi connectivity index (χ3n) is 1.62. The fourth-order valence-corrected chi connectivity index (χ4v) is 0.988. The summed E-state index contributed by atoms with van der Waals surface area (Å²) < 4.78 is 40.4. The Bertz CT molecular complexity index is 385. The lowest BCUT2D eigenvalue weighted by Crippen LogP contribution is -2.04. The number of alkyl halides is 3. The van der Waals surface area contributed by atoms with E-state index in [2.05, 4.69) is 11.8 Å². The van der Waals surface area contributed by atoms with Crippen molar-refractivity contribution in [1.29, 1.82) is 0 Å². The van der Waals surface area contributed by atoms with Gasteiger partial charge in [-0.05, 0) is 12.1 Å². The molecule has 0 bridgehead atoms. The molecule has 1 nitrogen and oxygen atoms in total. The molecule has 0 aliphatic carbocycles. The predicted octanol–water partition coefficient (Wildman–Crippen LogP) is 3.00. The molecule has 0 unspecified atom stereocenters. The number of methoxy groups -OCH3 is 1. The summed E-state index contributed by atoms with van der Waals surface area (Å²) in [6, 6.07) is 6.69. The average molecular weight is 214 g/mol. The van der Waals surface area contributed by atoms with Gasteiger partial charge in [-0.15, -0.1) is 0 Å². The molecule has 0 aromatic heterocycles. The van der Waals surface area contributed by atoms with E-state index in [0.29, 0.717) is 11.3 Å². The molecule has 0 N–H and O–H groups in total. The van der Waals surface area contributed by atoms with Gasteiger partial charge in [0.1, 0.15) is 12.2 Å². The van der Waals surface area contributed by atoms with Gasteiger partial charge in [0.25, 0.3) is 0 Å². The topological polar surface area (TPSA) is 9.23 Å². The van der Waals surface area contributed by atoms with Crippen molar-refractivity contribution in [1.82, 2.24) is 0 Å². The van der Waals surface area contributed by atoms with E-state index in [1.54, 1.807) is 24.3 Å². The van der Waals surface area contributed by atoms with E-state index in [1.807, 2.05) is 0 Å². The van der Waals surface area contributed by atoms with Gasteiger partial charge < -0.3 is 4.74 Å². The van der Waals surface area contributed by atoms with Crippen LogP contribution in [0.15, 0.2) is 24.3 Å². The fraction of sp³-hybridized carbons (Fsp3) is 0.273. The minimum absolute atomic E-state index is 0.462. The van der Waals surface area contributed by atoms with Gasteiger partial charge >= 0.3 is 6.18 Å². The molecular formula is C11H9F3O. The van der Waals surface area contributed by atoms with Crippen LogP contribution in [0.5, 0.6) is 5.75 Å². The van der Waals surface area contributed by atoms with Crippen LogP contribution in [0, 0.1) is 11.8 Å². The average Bonchev–Trinajstić information content (AvgIpc) is 2.16.